The quantitative estimate of drug-likeness (QED) is 0.619. The molecule has 0 fully saturated rings. The largest absolute Gasteiger partial charge is 0.497 e. The molecule has 7 heteroatoms. The number of hydrogen-bond donors (Lipinski definition) is 1. The molecule has 3 rings (SSSR count). The van der Waals surface area contributed by atoms with Crippen LogP contribution in [0, 0.1) is 12.8 Å². The molecule has 0 saturated carbocycles. The third-order valence-electron chi connectivity index (χ3n) is 4.99. The van der Waals surface area contributed by atoms with E-state index in [-0.39, 0.29) is 30.0 Å². The number of ether oxygens (including phenoxy) is 2. The summed E-state index contributed by atoms with van der Waals surface area (Å²) in [5.74, 6) is 1.31. The fraction of sp³-hybridized carbons (Fsp3) is 0.348. The van der Waals surface area contributed by atoms with Crippen molar-refractivity contribution in [3.05, 3.63) is 64.6 Å². The van der Waals surface area contributed by atoms with Gasteiger partial charge in [-0.1, -0.05) is 32.0 Å². The average Bonchev–Trinajstić information content (AvgIpc) is 2.75. The minimum atomic E-state index is -0.281. The van der Waals surface area contributed by atoms with Crippen molar-refractivity contribution in [3.63, 3.8) is 0 Å². The lowest BCUT2D eigenvalue weighted by molar-refractivity contribution is -0.123. The van der Waals surface area contributed by atoms with E-state index in [0.717, 1.165) is 11.1 Å². The molecule has 7 nitrogen and oxygen atoms in total. The van der Waals surface area contributed by atoms with E-state index in [4.69, 9.17) is 9.47 Å². The number of aryl methyl sites for hydroxylation is 1. The lowest BCUT2D eigenvalue weighted by atomic mass is 10.1. The van der Waals surface area contributed by atoms with E-state index in [2.05, 4.69) is 10.4 Å². The van der Waals surface area contributed by atoms with Crippen LogP contribution in [0.25, 0.3) is 10.8 Å². The van der Waals surface area contributed by atoms with E-state index in [9.17, 15) is 9.59 Å². The van der Waals surface area contributed by atoms with E-state index in [1.54, 1.807) is 19.2 Å². The lowest BCUT2D eigenvalue weighted by Gasteiger charge is -2.23. The van der Waals surface area contributed by atoms with E-state index in [1.165, 1.54) is 4.68 Å². The first-order valence-electron chi connectivity index (χ1n) is 9.91. The number of fused-ring (bicyclic) bond motifs is 1. The van der Waals surface area contributed by atoms with Gasteiger partial charge in [-0.15, -0.1) is 0 Å². The Kier molecular flexibility index (Phi) is 6.72. The summed E-state index contributed by atoms with van der Waals surface area (Å²) in [6, 6.07) is 14.3. The summed E-state index contributed by atoms with van der Waals surface area (Å²) in [7, 11) is 1.61. The van der Waals surface area contributed by atoms with Crippen LogP contribution in [0.2, 0.25) is 0 Å². The van der Waals surface area contributed by atoms with Crippen LogP contribution in [0.1, 0.15) is 19.5 Å². The molecule has 0 aliphatic heterocycles. The van der Waals surface area contributed by atoms with Crippen molar-refractivity contribution in [1.82, 2.24) is 15.1 Å². The molecule has 1 amide bonds. The lowest BCUT2D eigenvalue weighted by Crippen LogP contribution is -2.45. The summed E-state index contributed by atoms with van der Waals surface area (Å²) >= 11 is 0. The Hall–Kier alpha value is -3.35. The average molecular weight is 409 g/mol. The van der Waals surface area contributed by atoms with Gasteiger partial charge in [0.1, 0.15) is 24.7 Å². The predicted molar refractivity (Wildman–Crippen MR) is 116 cm³/mol. The summed E-state index contributed by atoms with van der Waals surface area (Å²) < 4.78 is 12.2. The second-order valence-corrected chi connectivity index (χ2v) is 7.50. The van der Waals surface area contributed by atoms with Gasteiger partial charge in [-0.3, -0.25) is 9.59 Å². The van der Waals surface area contributed by atoms with Gasteiger partial charge in [0, 0.05) is 5.39 Å². The molecule has 1 unspecified atom stereocenters. The maximum Gasteiger partial charge on any atom is 0.275 e. The number of nitrogens with zero attached hydrogens (tertiary/aromatic N) is 2. The van der Waals surface area contributed by atoms with Crippen molar-refractivity contribution in [3.8, 4) is 11.5 Å². The minimum absolute atomic E-state index is 0.143. The van der Waals surface area contributed by atoms with Crippen molar-refractivity contribution in [1.29, 1.82) is 0 Å². The number of nitrogens with one attached hydrogen (secondary N) is 1. The van der Waals surface area contributed by atoms with Crippen LogP contribution in [-0.4, -0.2) is 35.4 Å². The number of methoxy groups -OCH3 is 1. The smallest absolute Gasteiger partial charge is 0.275 e. The summed E-state index contributed by atoms with van der Waals surface area (Å²) in [6.07, 6.45) is 0. The van der Waals surface area contributed by atoms with E-state index in [0.29, 0.717) is 23.4 Å². The van der Waals surface area contributed by atoms with Crippen LogP contribution in [0.4, 0.5) is 0 Å². The third kappa shape index (κ3) is 4.97. The molecule has 1 atom stereocenters. The van der Waals surface area contributed by atoms with Gasteiger partial charge in [0.05, 0.1) is 24.2 Å². The SMILES string of the molecule is COc1ccc(OCC(NC(=O)Cn2nc(C)c3ccccc3c2=O)C(C)C)cc1. The van der Waals surface area contributed by atoms with Gasteiger partial charge < -0.3 is 14.8 Å². The molecule has 2 aromatic carbocycles. The molecular formula is C23H27N3O4. The zero-order chi connectivity index (χ0) is 21.7. The van der Waals surface area contributed by atoms with Gasteiger partial charge in [-0.25, -0.2) is 4.68 Å². The normalized spacial score (nSPS) is 12.0. The summed E-state index contributed by atoms with van der Waals surface area (Å²) in [6.45, 7) is 6.01. The van der Waals surface area contributed by atoms with E-state index >= 15 is 0 Å². The van der Waals surface area contributed by atoms with Crippen LogP contribution in [-0.2, 0) is 11.3 Å². The Labute approximate surface area is 175 Å². The first-order chi connectivity index (χ1) is 14.4. The van der Waals surface area contributed by atoms with Crippen LogP contribution in [0.3, 0.4) is 0 Å². The first kappa shape index (κ1) is 21.4. The monoisotopic (exact) mass is 409 g/mol. The Morgan fingerprint density at radius 1 is 1.07 bits per heavy atom. The summed E-state index contributed by atoms with van der Waals surface area (Å²) in [5.41, 5.74) is 0.433. The predicted octanol–water partition coefficient (Wildman–Crippen LogP) is 2.93. The molecule has 1 N–H and O–H groups in total. The van der Waals surface area contributed by atoms with E-state index in [1.807, 2.05) is 57.2 Å². The van der Waals surface area contributed by atoms with Crippen LogP contribution in [0.15, 0.2) is 53.3 Å². The molecule has 0 spiro atoms. The maximum absolute atomic E-state index is 12.7. The molecule has 30 heavy (non-hydrogen) atoms. The van der Waals surface area contributed by atoms with Crippen molar-refractivity contribution in [2.45, 2.75) is 33.4 Å². The van der Waals surface area contributed by atoms with Gasteiger partial charge in [0.2, 0.25) is 5.91 Å². The first-order valence-corrected chi connectivity index (χ1v) is 9.91. The van der Waals surface area contributed by atoms with Gasteiger partial charge in [0.15, 0.2) is 0 Å². The molecular weight excluding hydrogens is 382 g/mol. The maximum atomic E-state index is 12.7. The number of benzene rings is 2. The highest BCUT2D eigenvalue weighted by Gasteiger charge is 2.19. The van der Waals surface area contributed by atoms with Gasteiger partial charge in [-0.05, 0) is 43.2 Å². The molecule has 0 radical (unpaired) electrons. The topological polar surface area (TPSA) is 82.4 Å². The zero-order valence-corrected chi connectivity index (χ0v) is 17.7. The minimum Gasteiger partial charge on any atom is -0.497 e. The van der Waals surface area contributed by atoms with Crippen molar-refractivity contribution < 1.29 is 14.3 Å². The molecule has 158 valence electrons. The second-order valence-electron chi connectivity index (χ2n) is 7.50. The van der Waals surface area contributed by atoms with Crippen molar-refractivity contribution >= 4 is 16.7 Å². The fourth-order valence-corrected chi connectivity index (χ4v) is 3.16. The molecule has 0 saturated heterocycles. The van der Waals surface area contributed by atoms with Gasteiger partial charge in [-0.2, -0.15) is 5.10 Å². The number of hydrogen-bond acceptors (Lipinski definition) is 5. The second kappa shape index (κ2) is 9.43. The van der Waals surface area contributed by atoms with Crippen molar-refractivity contribution in [2.24, 2.45) is 5.92 Å². The molecule has 0 aliphatic carbocycles. The molecule has 1 heterocycles. The van der Waals surface area contributed by atoms with Crippen LogP contribution < -0.4 is 20.3 Å². The van der Waals surface area contributed by atoms with Gasteiger partial charge in [0.25, 0.3) is 5.56 Å². The van der Waals surface area contributed by atoms with Crippen molar-refractivity contribution in [2.75, 3.05) is 13.7 Å². The van der Waals surface area contributed by atoms with Crippen LogP contribution >= 0.6 is 0 Å². The molecule has 0 aliphatic rings. The zero-order valence-electron chi connectivity index (χ0n) is 17.7. The molecule has 1 aromatic heterocycles. The standard InChI is InChI=1S/C23H27N3O4/c1-15(2)21(14-30-18-11-9-17(29-4)10-12-18)24-22(27)13-26-23(28)20-8-6-5-7-19(20)16(3)25-26/h5-12,15,21H,13-14H2,1-4H3,(H,24,27). The highest BCUT2D eigenvalue weighted by molar-refractivity contribution is 5.83. The highest BCUT2D eigenvalue weighted by Crippen LogP contribution is 2.18. The van der Waals surface area contributed by atoms with E-state index < -0.39 is 0 Å². The Morgan fingerprint density at radius 2 is 1.70 bits per heavy atom. The summed E-state index contributed by atoms with van der Waals surface area (Å²) in [4.78, 5) is 25.3. The Balaban J connectivity index is 1.67. The molecule has 3 aromatic rings. The third-order valence-corrected chi connectivity index (χ3v) is 4.99. The number of amides is 1. The fourth-order valence-electron chi connectivity index (χ4n) is 3.16. The number of carbonyl (C=O) groups is 1. The number of aromatic nitrogens is 2. The number of rotatable bonds is 8. The molecule has 0 bridgehead atoms. The Bertz CT molecular complexity index is 1070. The summed E-state index contributed by atoms with van der Waals surface area (Å²) in [5, 5.41) is 8.62. The Morgan fingerprint density at radius 3 is 2.33 bits per heavy atom. The van der Waals surface area contributed by atoms with Gasteiger partial charge >= 0.3 is 0 Å². The highest BCUT2D eigenvalue weighted by atomic mass is 16.5. The van der Waals surface area contributed by atoms with Crippen LogP contribution in [0.5, 0.6) is 11.5 Å². The number of carbonyl (C=O) groups excluding carboxylic acids is 1.